The molecule has 0 atom stereocenters. The van der Waals surface area contributed by atoms with Crippen molar-refractivity contribution in [3.63, 3.8) is 0 Å². The lowest BCUT2D eigenvalue weighted by atomic mass is 10.2. The molecular weight excluding hydrogens is 457 g/mol. The van der Waals surface area contributed by atoms with E-state index in [2.05, 4.69) is 15.3 Å². The third-order valence-electron chi connectivity index (χ3n) is 5.04. The summed E-state index contributed by atoms with van der Waals surface area (Å²) in [4.78, 5) is 20.4. The third kappa shape index (κ3) is 4.70. The molecule has 2 heterocycles. The van der Waals surface area contributed by atoms with Crippen molar-refractivity contribution in [1.82, 2.24) is 9.97 Å². The maximum Gasteiger partial charge on any atom is 0.248 e. The summed E-state index contributed by atoms with van der Waals surface area (Å²) in [5.41, 5.74) is 4.01. The number of anilines is 1. The predicted octanol–water partition coefficient (Wildman–Crippen LogP) is 7.45. The summed E-state index contributed by atoms with van der Waals surface area (Å²) in [7, 11) is 0. The van der Waals surface area contributed by atoms with Crippen molar-refractivity contribution in [2.45, 2.75) is 0 Å². The van der Waals surface area contributed by atoms with Crippen molar-refractivity contribution in [3.05, 3.63) is 101 Å². The second-order valence-electron chi connectivity index (χ2n) is 7.33. The number of para-hydroxylation sites is 2. The lowest BCUT2D eigenvalue weighted by Crippen LogP contribution is -2.08. The van der Waals surface area contributed by atoms with Gasteiger partial charge in [0.2, 0.25) is 5.91 Å². The molecule has 5 aromatic rings. The molecule has 5 nitrogen and oxygen atoms in total. The van der Waals surface area contributed by atoms with Crippen LogP contribution in [0.4, 0.5) is 5.69 Å². The van der Waals surface area contributed by atoms with Crippen LogP contribution in [0.1, 0.15) is 5.76 Å². The van der Waals surface area contributed by atoms with Crippen LogP contribution in [0.15, 0.2) is 89.4 Å². The molecule has 0 aliphatic carbocycles. The first-order chi connectivity index (χ1) is 16.0. The molecule has 2 aromatic heterocycles. The Kier molecular flexibility index (Phi) is 5.73. The number of nitrogens with one attached hydrogen (secondary N) is 2. The molecule has 0 fully saturated rings. The van der Waals surface area contributed by atoms with Crippen LogP contribution >= 0.6 is 23.2 Å². The van der Waals surface area contributed by atoms with Gasteiger partial charge in [0.15, 0.2) is 0 Å². The van der Waals surface area contributed by atoms with Crippen LogP contribution < -0.4 is 5.32 Å². The van der Waals surface area contributed by atoms with Crippen LogP contribution in [0.5, 0.6) is 0 Å². The van der Waals surface area contributed by atoms with Gasteiger partial charge in [0.05, 0.1) is 21.7 Å². The number of rotatable bonds is 5. The van der Waals surface area contributed by atoms with Gasteiger partial charge >= 0.3 is 0 Å². The number of carbonyl (C=O) groups is 1. The summed E-state index contributed by atoms with van der Waals surface area (Å²) in [6.45, 7) is 0. The molecule has 1 amide bonds. The summed E-state index contributed by atoms with van der Waals surface area (Å²) in [5, 5.41) is 3.90. The fourth-order valence-corrected chi connectivity index (χ4v) is 3.69. The van der Waals surface area contributed by atoms with E-state index in [1.54, 1.807) is 36.4 Å². The van der Waals surface area contributed by atoms with Gasteiger partial charge in [-0.1, -0.05) is 35.3 Å². The van der Waals surface area contributed by atoms with Crippen molar-refractivity contribution in [2.24, 2.45) is 0 Å². The minimum absolute atomic E-state index is 0.330. The molecule has 0 saturated heterocycles. The topological polar surface area (TPSA) is 70.9 Å². The van der Waals surface area contributed by atoms with Gasteiger partial charge in [-0.3, -0.25) is 4.79 Å². The summed E-state index contributed by atoms with van der Waals surface area (Å²) < 4.78 is 5.79. The first kappa shape index (κ1) is 21.1. The molecule has 0 spiro atoms. The average molecular weight is 474 g/mol. The van der Waals surface area contributed by atoms with Gasteiger partial charge < -0.3 is 14.7 Å². The monoisotopic (exact) mass is 473 g/mol. The predicted molar refractivity (Wildman–Crippen MR) is 133 cm³/mol. The molecule has 2 N–H and O–H groups in total. The zero-order valence-electron chi connectivity index (χ0n) is 17.2. The number of hydrogen-bond donors (Lipinski definition) is 2. The number of nitrogens with zero attached hydrogens (tertiary/aromatic N) is 1. The van der Waals surface area contributed by atoms with Crippen LogP contribution in [-0.4, -0.2) is 15.9 Å². The van der Waals surface area contributed by atoms with Crippen molar-refractivity contribution in [3.8, 4) is 22.7 Å². The lowest BCUT2D eigenvalue weighted by Gasteiger charge is -2.07. The standard InChI is InChI=1S/C26H17Cl2N3O2/c27-18-8-5-16(6-9-18)24-13-10-19(33-24)11-14-25(32)29-23-15-17(7-12-20(23)28)26-30-21-3-1-2-4-22(21)31-26/h1-15H,(H,29,32)(H,30,31)/b14-11+. The van der Waals surface area contributed by atoms with E-state index in [1.165, 1.54) is 6.08 Å². The quantitative estimate of drug-likeness (QED) is 0.260. The van der Waals surface area contributed by atoms with Crippen molar-refractivity contribution in [1.29, 1.82) is 0 Å². The fourth-order valence-electron chi connectivity index (χ4n) is 3.40. The number of carbonyl (C=O) groups excluding carboxylic acids is 1. The van der Waals surface area contributed by atoms with E-state index in [4.69, 9.17) is 27.6 Å². The molecule has 3 aromatic carbocycles. The Hall–Kier alpha value is -3.80. The molecule has 0 aliphatic rings. The Bertz CT molecular complexity index is 1450. The molecular formula is C26H17Cl2N3O2. The van der Waals surface area contributed by atoms with E-state index in [1.807, 2.05) is 48.5 Å². The van der Waals surface area contributed by atoms with Gasteiger partial charge in [0, 0.05) is 22.2 Å². The molecule has 0 saturated carbocycles. The Morgan fingerprint density at radius 1 is 0.939 bits per heavy atom. The van der Waals surface area contributed by atoms with E-state index in [0.29, 0.717) is 33.1 Å². The number of amides is 1. The van der Waals surface area contributed by atoms with Crippen molar-refractivity contribution < 1.29 is 9.21 Å². The highest BCUT2D eigenvalue weighted by Crippen LogP contribution is 2.29. The number of halogens is 2. The van der Waals surface area contributed by atoms with Crippen LogP contribution in [0.3, 0.4) is 0 Å². The SMILES string of the molecule is O=C(/C=C/c1ccc(-c2ccc(Cl)cc2)o1)Nc1cc(-c2nc3ccccc3[nH]2)ccc1Cl. The number of hydrogen-bond acceptors (Lipinski definition) is 3. The molecule has 162 valence electrons. The number of imidazole rings is 1. The maximum absolute atomic E-state index is 12.5. The molecule has 5 rings (SSSR count). The molecule has 0 bridgehead atoms. The molecule has 33 heavy (non-hydrogen) atoms. The zero-order valence-corrected chi connectivity index (χ0v) is 18.7. The number of fused-ring (bicyclic) bond motifs is 1. The van der Waals surface area contributed by atoms with Crippen LogP contribution in [-0.2, 0) is 4.79 Å². The summed E-state index contributed by atoms with van der Waals surface area (Å²) in [5.74, 6) is 1.61. The fraction of sp³-hybridized carbons (Fsp3) is 0. The van der Waals surface area contributed by atoms with E-state index in [0.717, 1.165) is 22.2 Å². The van der Waals surface area contributed by atoms with Crippen LogP contribution in [0, 0.1) is 0 Å². The zero-order chi connectivity index (χ0) is 22.8. The molecule has 0 unspecified atom stereocenters. The number of aromatic nitrogens is 2. The normalized spacial score (nSPS) is 11.3. The van der Waals surface area contributed by atoms with Gasteiger partial charge in [0.25, 0.3) is 0 Å². The second kappa shape index (κ2) is 8.98. The van der Waals surface area contributed by atoms with Crippen LogP contribution in [0.2, 0.25) is 10.0 Å². The maximum atomic E-state index is 12.5. The smallest absolute Gasteiger partial charge is 0.248 e. The number of furan rings is 1. The van der Waals surface area contributed by atoms with Gasteiger partial charge in [-0.15, -0.1) is 0 Å². The van der Waals surface area contributed by atoms with Gasteiger partial charge in [-0.2, -0.15) is 0 Å². The Balaban J connectivity index is 1.31. The minimum atomic E-state index is -0.330. The Morgan fingerprint density at radius 3 is 2.55 bits per heavy atom. The molecule has 7 heteroatoms. The highest BCUT2D eigenvalue weighted by Gasteiger charge is 2.10. The molecule has 0 aliphatic heterocycles. The van der Waals surface area contributed by atoms with E-state index in [9.17, 15) is 4.79 Å². The van der Waals surface area contributed by atoms with E-state index >= 15 is 0 Å². The highest BCUT2D eigenvalue weighted by atomic mass is 35.5. The second-order valence-corrected chi connectivity index (χ2v) is 8.17. The average Bonchev–Trinajstić information content (AvgIpc) is 3.47. The third-order valence-corrected chi connectivity index (χ3v) is 5.62. The van der Waals surface area contributed by atoms with Crippen molar-refractivity contribution in [2.75, 3.05) is 5.32 Å². The summed E-state index contributed by atoms with van der Waals surface area (Å²) >= 11 is 12.2. The Morgan fingerprint density at radius 2 is 1.73 bits per heavy atom. The van der Waals surface area contributed by atoms with E-state index in [-0.39, 0.29) is 5.91 Å². The van der Waals surface area contributed by atoms with Crippen LogP contribution in [0.25, 0.3) is 39.8 Å². The Labute approximate surface area is 199 Å². The summed E-state index contributed by atoms with van der Waals surface area (Å²) in [6, 6.07) is 24.1. The number of aromatic amines is 1. The van der Waals surface area contributed by atoms with Gasteiger partial charge in [0.1, 0.15) is 17.3 Å². The van der Waals surface area contributed by atoms with Crippen molar-refractivity contribution >= 4 is 51.9 Å². The van der Waals surface area contributed by atoms with E-state index < -0.39 is 0 Å². The summed E-state index contributed by atoms with van der Waals surface area (Å²) in [6.07, 6.45) is 3.00. The highest BCUT2D eigenvalue weighted by molar-refractivity contribution is 6.34. The first-order valence-corrected chi connectivity index (χ1v) is 10.9. The lowest BCUT2D eigenvalue weighted by molar-refractivity contribution is -0.111. The van der Waals surface area contributed by atoms with Gasteiger partial charge in [-0.25, -0.2) is 4.98 Å². The van der Waals surface area contributed by atoms with Gasteiger partial charge in [-0.05, 0) is 72.8 Å². The minimum Gasteiger partial charge on any atom is -0.457 e. The molecule has 0 radical (unpaired) electrons. The largest absolute Gasteiger partial charge is 0.457 e. The number of benzene rings is 3. The first-order valence-electron chi connectivity index (χ1n) is 10.1. The number of H-pyrrole nitrogens is 1.